The van der Waals surface area contributed by atoms with Crippen molar-refractivity contribution in [3.63, 3.8) is 0 Å². The Morgan fingerprint density at radius 3 is 2.92 bits per heavy atom. The largest absolute Gasteiger partial charge is 0.422 e. The van der Waals surface area contributed by atoms with Crippen LogP contribution >= 0.6 is 0 Å². The second-order valence-electron chi connectivity index (χ2n) is 6.18. The van der Waals surface area contributed by atoms with Gasteiger partial charge in [0.1, 0.15) is 11.6 Å². The van der Waals surface area contributed by atoms with E-state index in [9.17, 15) is 0 Å². The van der Waals surface area contributed by atoms with Crippen LogP contribution in [0.3, 0.4) is 0 Å². The van der Waals surface area contributed by atoms with Gasteiger partial charge in [0.2, 0.25) is 0 Å². The van der Waals surface area contributed by atoms with Gasteiger partial charge < -0.3 is 14.2 Å². The van der Waals surface area contributed by atoms with Crippen molar-refractivity contribution in [1.82, 2.24) is 35.1 Å². The first-order chi connectivity index (χ1) is 12.3. The molecular weight excluding hydrogens is 318 g/mol. The van der Waals surface area contributed by atoms with Gasteiger partial charge in [-0.3, -0.25) is 0 Å². The van der Waals surface area contributed by atoms with Gasteiger partial charge in [0.25, 0.3) is 0 Å². The van der Waals surface area contributed by atoms with Crippen LogP contribution in [0, 0.1) is 0 Å². The van der Waals surface area contributed by atoms with Crippen LogP contribution in [0.4, 0.5) is 0 Å². The number of aromatic amines is 1. The van der Waals surface area contributed by atoms with Crippen LogP contribution in [0.2, 0.25) is 0 Å². The quantitative estimate of drug-likeness (QED) is 0.768. The zero-order valence-corrected chi connectivity index (χ0v) is 14.2. The summed E-state index contributed by atoms with van der Waals surface area (Å²) in [4.78, 5) is 7.14. The minimum Gasteiger partial charge on any atom is -0.422 e. The van der Waals surface area contributed by atoms with Crippen molar-refractivity contribution in [3.05, 3.63) is 42.5 Å². The molecule has 3 aromatic rings. The maximum Gasteiger partial charge on any atom is 0.361 e. The molecule has 8 heteroatoms. The van der Waals surface area contributed by atoms with Gasteiger partial charge in [0.05, 0.1) is 0 Å². The second-order valence-corrected chi connectivity index (χ2v) is 6.18. The Bertz CT molecular complexity index is 797. The van der Waals surface area contributed by atoms with Crippen LogP contribution < -0.4 is 4.74 Å². The highest BCUT2D eigenvalue weighted by Gasteiger charge is 2.24. The Hall–Kier alpha value is -2.74. The summed E-state index contributed by atoms with van der Waals surface area (Å²) in [5.41, 5.74) is 1.07. The summed E-state index contributed by atoms with van der Waals surface area (Å²) in [6.45, 7) is 5.58. The van der Waals surface area contributed by atoms with E-state index in [1.807, 2.05) is 36.7 Å². The average Bonchev–Trinajstić information content (AvgIpc) is 3.34. The van der Waals surface area contributed by atoms with E-state index in [1.165, 1.54) is 19.4 Å². The van der Waals surface area contributed by atoms with E-state index < -0.39 is 0 Å². The molecule has 0 spiro atoms. The molecule has 1 aliphatic rings. The molecule has 8 nitrogen and oxygen atoms in total. The fourth-order valence-corrected chi connectivity index (χ4v) is 3.36. The number of H-pyrrole nitrogens is 1. The van der Waals surface area contributed by atoms with Crippen LogP contribution in [0.5, 0.6) is 11.8 Å². The molecule has 0 radical (unpaired) electrons. The highest BCUT2D eigenvalue weighted by molar-refractivity contribution is 5.39. The summed E-state index contributed by atoms with van der Waals surface area (Å²) >= 11 is 0. The molecule has 1 unspecified atom stereocenters. The van der Waals surface area contributed by atoms with Gasteiger partial charge in [-0.05, 0) is 55.4 Å². The topological polar surface area (TPSA) is 84.8 Å². The molecule has 0 bridgehead atoms. The zero-order valence-electron chi connectivity index (χ0n) is 14.2. The standard InChI is InChI=1S/C17H21N7O/c1-2-23-10-3-4-13(12-23)16-18-9-11-24(16)14-5-7-15(8-6-14)25-17-19-21-22-20-17/h5-9,11,13H,2-4,10,12H2,1H3,(H,19,20,21,22). The van der Waals surface area contributed by atoms with Crippen molar-refractivity contribution in [2.24, 2.45) is 0 Å². The highest BCUT2D eigenvalue weighted by atomic mass is 16.5. The molecule has 130 valence electrons. The lowest BCUT2D eigenvalue weighted by Crippen LogP contribution is -2.35. The molecule has 1 saturated heterocycles. The van der Waals surface area contributed by atoms with Gasteiger partial charge in [0.15, 0.2) is 0 Å². The van der Waals surface area contributed by atoms with E-state index in [2.05, 4.69) is 42.0 Å². The van der Waals surface area contributed by atoms with E-state index in [0.717, 1.165) is 24.6 Å². The third-order valence-electron chi connectivity index (χ3n) is 4.64. The van der Waals surface area contributed by atoms with Crippen LogP contribution in [0.25, 0.3) is 5.69 Å². The number of benzene rings is 1. The predicted octanol–water partition coefficient (Wildman–Crippen LogP) is 2.38. The second kappa shape index (κ2) is 7.02. The molecule has 1 N–H and O–H groups in total. The van der Waals surface area contributed by atoms with Crippen LogP contribution in [0.1, 0.15) is 31.5 Å². The molecule has 25 heavy (non-hydrogen) atoms. The Morgan fingerprint density at radius 2 is 2.16 bits per heavy atom. The Kier molecular flexibility index (Phi) is 4.43. The predicted molar refractivity (Wildman–Crippen MR) is 91.9 cm³/mol. The number of hydrogen-bond acceptors (Lipinski definition) is 6. The molecule has 1 fully saturated rings. The SMILES string of the molecule is CCN1CCCC(c2nccn2-c2ccc(Oc3nn[nH]n3)cc2)C1. The smallest absolute Gasteiger partial charge is 0.361 e. The van der Waals surface area contributed by atoms with Crippen molar-refractivity contribution >= 4 is 0 Å². The summed E-state index contributed by atoms with van der Waals surface area (Å²) in [5, 5.41) is 13.4. The molecular formula is C17H21N7O. The number of piperidine rings is 1. The molecule has 1 aliphatic heterocycles. The normalized spacial score (nSPS) is 18.4. The molecule has 0 saturated carbocycles. The van der Waals surface area contributed by atoms with Gasteiger partial charge in [-0.15, -0.1) is 0 Å². The van der Waals surface area contributed by atoms with E-state index in [1.54, 1.807) is 0 Å². The number of likely N-dealkylation sites (tertiary alicyclic amines) is 1. The molecule has 4 rings (SSSR count). The van der Waals surface area contributed by atoms with Crippen LogP contribution in [-0.4, -0.2) is 54.7 Å². The average molecular weight is 339 g/mol. The summed E-state index contributed by atoms with van der Waals surface area (Å²) in [5.74, 6) is 2.27. The maximum atomic E-state index is 5.52. The molecule has 2 aromatic heterocycles. The lowest BCUT2D eigenvalue weighted by Gasteiger charge is -2.31. The number of nitrogens with one attached hydrogen (secondary N) is 1. The minimum absolute atomic E-state index is 0.206. The molecule has 3 heterocycles. The first kappa shape index (κ1) is 15.8. The number of nitrogens with zero attached hydrogens (tertiary/aromatic N) is 6. The Labute approximate surface area is 145 Å². The van der Waals surface area contributed by atoms with E-state index in [0.29, 0.717) is 11.7 Å². The lowest BCUT2D eigenvalue weighted by atomic mass is 9.97. The summed E-state index contributed by atoms with van der Waals surface area (Å²) in [6, 6.07) is 8.03. The van der Waals surface area contributed by atoms with Gasteiger partial charge in [-0.2, -0.15) is 5.21 Å². The van der Waals surface area contributed by atoms with Gasteiger partial charge in [-0.25, -0.2) is 4.98 Å². The molecule has 1 atom stereocenters. The first-order valence-corrected chi connectivity index (χ1v) is 8.61. The first-order valence-electron chi connectivity index (χ1n) is 8.61. The Balaban J connectivity index is 1.53. The minimum atomic E-state index is 0.206. The van der Waals surface area contributed by atoms with Crippen LogP contribution in [0.15, 0.2) is 36.7 Å². The van der Waals surface area contributed by atoms with Crippen molar-refractivity contribution < 1.29 is 4.74 Å². The van der Waals surface area contributed by atoms with E-state index >= 15 is 0 Å². The number of aromatic nitrogens is 6. The summed E-state index contributed by atoms with van der Waals surface area (Å²) in [7, 11) is 0. The van der Waals surface area contributed by atoms with Crippen molar-refractivity contribution in [2.45, 2.75) is 25.7 Å². The maximum absolute atomic E-state index is 5.52. The molecule has 0 amide bonds. The van der Waals surface area contributed by atoms with Gasteiger partial charge >= 0.3 is 6.01 Å². The van der Waals surface area contributed by atoms with E-state index in [4.69, 9.17) is 4.74 Å². The summed E-state index contributed by atoms with van der Waals surface area (Å²) in [6.07, 6.45) is 6.31. The highest BCUT2D eigenvalue weighted by Crippen LogP contribution is 2.28. The van der Waals surface area contributed by atoms with E-state index in [-0.39, 0.29) is 6.01 Å². The van der Waals surface area contributed by atoms with Crippen LogP contribution in [-0.2, 0) is 0 Å². The fourth-order valence-electron chi connectivity index (χ4n) is 3.36. The molecule has 1 aromatic carbocycles. The van der Waals surface area contributed by atoms with Gasteiger partial charge in [0, 0.05) is 30.5 Å². The van der Waals surface area contributed by atoms with Gasteiger partial charge in [-0.1, -0.05) is 17.1 Å². The monoisotopic (exact) mass is 339 g/mol. The number of likely N-dealkylation sites (N-methyl/N-ethyl adjacent to an activating group) is 1. The number of rotatable bonds is 5. The van der Waals surface area contributed by atoms with Crippen molar-refractivity contribution in [2.75, 3.05) is 19.6 Å². The number of tetrazole rings is 1. The zero-order chi connectivity index (χ0) is 17.1. The Morgan fingerprint density at radius 1 is 1.28 bits per heavy atom. The number of ether oxygens (including phenoxy) is 1. The summed E-state index contributed by atoms with van der Waals surface area (Å²) < 4.78 is 7.69. The molecule has 0 aliphatic carbocycles. The number of hydrogen-bond donors (Lipinski definition) is 1. The third-order valence-corrected chi connectivity index (χ3v) is 4.64. The third kappa shape index (κ3) is 3.39. The fraction of sp³-hybridized carbons (Fsp3) is 0.412. The van der Waals surface area contributed by atoms with Crippen molar-refractivity contribution in [3.8, 4) is 17.4 Å². The van der Waals surface area contributed by atoms with Crippen molar-refractivity contribution in [1.29, 1.82) is 0 Å². The number of imidazole rings is 1. The lowest BCUT2D eigenvalue weighted by molar-refractivity contribution is 0.213.